The van der Waals surface area contributed by atoms with Crippen LogP contribution in [0.1, 0.15) is 36.0 Å². The van der Waals surface area contributed by atoms with Gasteiger partial charge in [0, 0.05) is 33.1 Å². The smallest absolute Gasteiger partial charge is 0.337 e. The summed E-state index contributed by atoms with van der Waals surface area (Å²) in [7, 11) is -1.06. The van der Waals surface area contributed by atoms with Crippen molar-refractivity contribution in [1.82, 2.24) is 4.31 Å². The number of rotatable bonds is 9. The van der Waals surface area contributed by atoms with E-state index in [1.54, 1.807) is 18.2 Å². The van der Waals surface area contributed by atoms with Gasteiger partial charge in [-0.05, 0) is 61.7 Å². The number of esters is 1. The molecule has 1 saturated heterocycles. The molecule has 10 heteroatoms. The first kappa shape index (κ1) is 24.7. The van der Waals surface area contributed by atoms with Crippen LogP contribution < -0.4 is 10.2 Å². The molecule has 1 amide bonds. The molecular formula is C23H28FN3O5S. The quantitative estimate of drug-likeness (QED) is 0.557. The largest absolute Gasteiger partial charge is 0.465 e. The van der Waals surface area contributed by atoms with Crippen LogP contribution in [0.25, 0.3) is 0 Å². The van der Waals surface area contributed by atoms with E-state index in [-0.39, 0.29) is 23.8 Å². The molecule has 1 N–H and O–H groups in total. The highest BCUT2D eigenvalue weighted by molar-refractivity contribution is 7.89. The van der Waals surface area contributed by atoms with Gasteiger partial charge in [0.1, 0.15) is 5.82 Å². The van der Waals surface area contributed by atoms with Gasteiger partial charge < -0.3 is 15.0 Å². The van der Waals surface area contributed by atoms with Crippen molar-refractivity contribution in [3.8, 4) is 0 Å². The van der Waals surface area contributed by atoms with E-state index in [0.717, 1.165) is 48.1 Å². The summed E-state index contributed by atoms with van der Waals surface area (Å²) in [6.07, 6.45) is 2.49. The molecule has 178 valence electrons. The molecule has 0 atom stereocenters. The van der Waals surface area contributed by atoms with Gasteiger partial charge in [0.05, 0.1) is 28.9 Å². The fraction of sp³-hybridized carbons (Fsp3) is 0.391. The highest BCUT2D eigenvalue weighted by Gasteiger charge is 2.22. The van der Waals surface area contributed by atoms with Gasteiger partial charge in [-0.3, -0.25) is 4.79 Å². The van der Waals surface area contributed by atoms with Crippen LogP contribution in [-0.2, 0) is 19.6 Å². The number of amides is 1. The monoisotopic (exact) mass is 477 g/mol. The SMILES string of the molecule is COC(=O)c1ccc(N2CCCC2)c(NC(=O)CCCN(C)S(=O)(=O)c2ccc(F)cc2)c1. The summed E-state index contributed by atoms with van der Waals surface area (Å²) in [4.78, 5) is 26.7. The number of benzene rings is 2. The Kier molecular flexibility index (Phi) is 8.04. The lowest BCUT2D eigenvalue weighted by atomic mass is 10.1. The van der Waals surface area contributed by atoms with Crippen molar-refractivity contribution in [2.45, 2.75) is 30.6 Å². The van der Waals surface area contributed by atoms with E-state index >= 15 is 0 Å². The molecule has 0 bridgehead atoms. The second-order valence-corrected chi connectivity index (χ2v) is 9.89. The average molecular weight is 478 g/mol. The summed E-state index contributed by atoms with van der Waals surface area (Å²) in [6, 6.07) is 9.68. The standard InChI is InChI=1S/C23H28FN3O5S/c1-26(33(30,31)19-10-8-18(24)9-11-19)13-5-6-22(28)25-20-16-17(23(29)32-2)7-12-21(20)27-14-3-4-15-27/h7-12,16H,3-6,13-15H2,1-2H3,(H,25,28). The zero-order valence-electron chi connectivity index (χ0n) is 18.7. The molecule has 0 saturated carbocycles. The minimum absolute atomic E-state index is 0.00858. The first-order chi connectivity index (χ1) is 15.7. The van der Waals surface area contributed by atoms with Crippen molar-refractivity contribution in [1.29, 1.82) is 0 Å². The van der Waals surface area contributed by atoms with Crippen molar-refractivity contribution < 1.29 is 27.1 Å². The Labute approximate surface area is 193 Å². The summed E-state index contributed by atoms with van der Waals surface area (Å²) in [5, 5.41) is 2.86. The lowest BCUT2D eigenvalue weighted by Gasteiger charge is -2.22. The molecule has 8 nitrogen and oxygen atoms in total. The van der Waals surface area contributed by atoms with E-state index in [9.17, 15) is 22.4 Å². The van der Waals surface area contributed by atoms with Crippen LogP contribution in [0.15, 0.2) is 47.4 Å². The molecule has 1 fully saturated rings. The van der Waals surface area contributed by atoms with E-state index < -0.39 is 21.8 Å². The average Bonchev–Trinajstić information content (AvgIpc) is 3.33. The molecule has 1 aliphatic heterocycles. The minimum atomic E-state index is -3.77. The molecule has 0 radical (unpaired) electrons. The first-order valence-corrected chi connectivity index (χ1v) is 12.2. The number of sulfonamides is 1. The summed E-state index contributed by atoms with van der Waals surface area (Å²) < 4.78 is 44.2. The van der Waals surface area contributed by atoms with Gasteiger partial charge in [-0.2, -0.15) is 0 Å². The third-order valence-electron chi connectivity index (χ3n) is 5.54. The highest BCUT2D eigenvalue weighted by atomic mass is 32.2. The maximum atomic E-state index is 13.1. The Hall–Kier alpha value is -2.98. The summed E-state index contributed by atoms with van der Waals surface area (Å²) in [6.45, 7) is 1.85. The Morgan fingerprint density at radius 2 is 1.79 bits per heavy atom. The van der Waals surface area contributed by atoms with Gasteiger partial charge in [-0.1, -0.05) is 0 Å². The lowest BCUT2D eigenvalue weighted by molar-refractivity contribution is -0.116. The van der Waals surface area contributed by atoms with Crippen molar-refractivity contribution in [2.75, 3.05) is 44.0 Å². The number of carbonyl (C=O) groups is 2. The van der Waals surface area contributed by atoms with Crippen molar-refractivity contribution in [3.05, 3.63) is 53.8 Å². The third-order valence-corrected chi connectivity index (χ3v) is 7.41. The van der Waals surface area contributed by atoms with Gasteiger partial charge in [0.25, 0.3) is 0 Å². The number of hydrogen-bond donors (Lipinski definition) is 1. The highest BCUT2D eigenvalue weighted by Crippen LogP contribution is 2.30. The Balaban J connectivity index is 1.63. The summed E-state index contributed by atoms with van der Waals surface area (Å²) in [5.74, 6) is -1.30. The Morgan fingerprint density at radius 3 is 2.42 bits per heavy atom. The third kappa shape index (κ3) is 6.08. The molecule has 2 aromatic rings. The van der Waals surface area contributed by atoms with E-state index in [0.29, 0.717) is 17.7 Å². The van der Waals surface area contributed by atoms with E-state index in [4.69, 9.17) is 4.74 Å². The Bertz CT molecular complexity index is 1100. The molecule has 1 heterocycles. The number of nitrogens with zero attached hydrogens (tertiary/aromatic N) is 2. The van der Waals surface area contributed by atoms with Crippen molar-refractivity contribution in [3.63, 3.8) is 0 Å². The Morgan fingerprint density at radius 1 is 1.12 bits per heavy atom. The second kappa shape index (κ2) is 10.8. The van der Waals surface area contributed by atoms with Crippen molar-refractivity contribution in [2.24, 2.45) is 0 Å². The van der Waals surface area contributed by atoms with E-state index in [1.807, 2.05) is 0 Å². The van der Waals surface area contributed by atoms with Crippen LogP contribution >= 0.6 is 0 Å². The predicted octanol–water partition coefficient (Wildman–Crippen LogP) is 3.25. The fourth-order valence-electron chi connectivity index (χ4n) is 3.70. The number of ether oxygens (including phenoxy) is 1. The molecule has 0 unspecified atom stereocenters. The summed E-state index contributed by atoms with van der Waals surface area (Å²) >= 11 is 0. The van der Waals surface area contributed by atoms with Crippen LogP contribution in [0, 0.1) is 5.82 Å². The van der Waals surface area contributed by atoms with E-state index in [2.05, 4.69) is 10.2 Å². The maximum absolute atomic E-state index is 13.1. The zero-order valence-corrected chi connectivity index (χ0v) is 19.5. The van der Waals surface area contributed by atoms with Crippen LogP contribution in [-0.4, -0.2) is 58.4 Å². The van der Waals surface area contributed by atoms with Crippen LogP contribution in [0.4, 0.5) is 15.8 Å². The van der Waals surface area contributed by atoms with Crippen LogP contribution in [0.2, 0.25) is 0 Å². The molecule has 1 aliphatic rings. The predicted molar refractivity (Wildman–Crippen MR) is 123 cm³/mol. The van der Waals surface area contributed by atoms with Crippen molar-refractivity contribution >= 4 is 33.3 Å². The molecule has 33 heavy (non-hydrogen) atoms. The first-order valence-electron chi connectivity index (χ1n) is 10.7. The number of nitrogens with one attached hydrogen (secondary N) is 1. The number of hydrogen-bond acceptors (Lipinski definition) is 6. The minimum Gasteiger partial charge on any atom is -0.465 e. The second-order valence-electron chi connectivity index (χ2n) is 7.85. The van der Waals surface area contributed by atoms with Gasteiger partial charge in [0.2, 0.25) is 15.9 Å². The van der Waals surface area contributed by atoms with Gasteiger partial charge in [-0.15, -0.1) is 0 Å². The van der Waals surface area contributed by atoms with Crippen LogP contribution in [0.3, 0.4) is 0 Å². The lowest BCUT2D eigenvalue weighted by Crippen LogP contribution is -2.28. The normalized spacial score (nSPS) is 13.9. The molecule has 0 aromatic heterocycles. The summed E-state index contributed by atoms with van der Waals surface area (Å²) in [5.41, 5.74) is 1.70. The number of methoxy groups -OCH3 is 1. The van der Waals surface area contributed by atoms with Gasteiger partial charge >= 0.3 is 5.97 Å². The van der Waals surface area contributed by atoms with E-state index in [1.165, 1.54) is 26.3 Å². The molecule has 0 aliphatic carbocycles. The number of anilines is 2. The zero-order chi connectivity index (χ0) is 24.0. The van der Waals surface area contributed by atoms with Crippen LogP contribution in [0.5, 0.6) is 0 Å². The maximum Gasteiger partial charge on any atom is 0.337 e. The van der Waals surface area contributed by atoms with Gasteiger partial charge in [0.15, 0.2) is 0 Å². The molecule has 3 rings (SSSR count). The van der Waals surface area contributed by atoms with Gasteiger partial charge in [-0.25, -0.2) is 21.9 Å². The number of halogens is 1. The number of carbonyl (C=O) groups excluding carboxylic acids is 2. The molecule has 2 aromatic carbocycles. The molecular weight excluding hydrogens is 449 g/mol. The molecule has 0 spiro atoms. The topological polar surface area (TPSA) is 96.0 Å². The fourth-order valence-corrected chi connectivity index (χ4v) is 4.91.